The summed E-state index contributed by atoms with van der Waals surface area (Å²) < 4.78 is 5.14. The number of esters is 1. The molecule has 1 N–H and O–H groups in total. The van der Waals surface area contributed by atoms with Crippen molar-refractivity contribution in [3.05, 3.63) is 0 Å². The number of likely N-dealkylation sites (tertiary alicyclic amines) is 1. The fraction of sp³-hybridized carbons (Fsp3) is 0.933. The lowest BCUT2D eigenvalue weighted by Gasteiger charge is -2.39. The molecule has 4 heteroatoms. The van der Waals surface area contributed by atoms with Gasteiger partial charge in [-0.15, -0.1) is 0 Å². The van der Waals surface area contributed by atoms with Crippen LogP contribution in [0.4, 0.5) is 0 Å². The zero-order chi connectivity index (χ0) is 13.7. The number of aliphatic hydroxyl groups excluding tert-OH is 1. The van der Waals surface area contributed by atoms with Crippen LogP contribution in [0.1, 0.15) is 51.9 Å². The van der Waals surface area contributed by atoms with E-state index < -0.39 is 0 Å². The molecule has 19 heavy (non-hydrogen) atoms. The Bertz CT molecular complexity index is 295. The molecule has 1 heterocycles. The number of rotatable bonds is 3. The molecule has 1 saturated heterocycles. The molecular formula is C15H27NO3. The van der Waals surface area contributed by atoms with Crippen molar-refractivity contribution in [3.63, 3.8) is 0 Å². The number of carbonyl (C=O) groups is 1. The van der Waals surface area contributed by atoms with Crippen molar-refractivity contribution in [3.8, 4) is 0 Å². The zero-order valence-electron chi connectivity index (χ0n) is 12.0. The maximum absolute atomic E-state index is 11.9. The van der Waals surface area contributed by atoms with Gasteiger partial charge in [-0.1, -0.05) is 19.3 Å². The van der Waals surface area contributed by atoms with Crippen molar-refractivity contribution in [1.29, 1.82) is 0 Å². The van der Waals surface area contributed by atoms with E-state index in [1.807, 2.05) is 6.92 Å². The van der Waals surface area contributed by atoms with Gasteiger partial charge >= 0.3 is 5.97 Å². The van der Waals surface area contributed by atoms with Crippen molar-refractivity contribution >= 4 is 5.97 Å². The normalized spacial score (nSPS) is 33.7. The minimum atomic E-state index is -0.219. The van der Waals surface area contributed by atoms with Crippen LogP contribution in [0.25, 0.3) is 0 Å². The van der Waals surface area contributed by atoms with E-state index in [0.29, 0.717) is 6.61 Å². The molecule has 0 spiro atoms. The van der Waals surface area contributed by atoms with E-state index in [-0.39, 0.29) is 24.0 Å². The molecule has 2 aliphatic rings. The predicted molar refractivity (Wildman–Crippen MR) is 73.8 cm³/mol. The van der Waals surface area contributed by atoms with E-state index >= 15 is 0 Å². The first-order valence-corrected chi connectivity index (χ1v) is 7.81. The van der Waals surface area contributed by atoms with Crippen LogP contribution in [0.15, 0.2) is 0 Å². The Morgan fingerprint density at radius 1 is 1.21 bits per heavy atom. The molecule has 4 nitrogen and oxygen atoms in total. The molecule has 0 aromatic rings. The molecule has 110 valence electrons. The van der Waals surface area contributed by atoms with Gasteiger partial charge < -0.3 is 9.84 Å². The summed E-state index contributed by atoms with van der Waals surface area (Å²) in [4.78, 5) is 14.2. The van der Waals surface area contributed by atoms with Gasteiger partial charge in [0.15, 0.2) is 0 Å². The topological polar surface area (TPSA) is 49.8 Å². The summed E-state index contributed by atoms with van der Waals surface area (Å²) in [6, 6.07) is 0.250. The third kappa shape index (κ3) is 3.93. The number of aliphatic hydroxyl groups is 1. The highest BCUT2D eigenvalue weighted by Gasteiger charge is 2.33. The van der Waals surface area contributed by atoms with Crippen LogP contribution >= 0.6 is 0 Å². The molecule has 1 saturated carbocycles. The van der Waals surface area contributed by atoms with E-state index in [9.17, 15) is 9.90 Å². The fourth-order valence-electron chi connectivity index (χ4n) is 3.45. The van der Waals surface area contributed by atoms with E-state index in [0.717, 1.165) is 45.2 Å². The van der Waals surface area contributed by atoms with Crippen LogP contribution in [0, 0.1) is 5.92 Å². The summed E-state index contributed by atoms with van der Waals surface area (Å²) in [7, 11) is 0. The van der Waals surface area contributed by atoms with Gasteiger partial charge in [-0.05, 0) is 39.2 Å². The first-order valence-electron chi connectivity index (χ1n) is 7.81. The van der Waals surface area contributed by atoms with Gasteiger partial charge in [0.05, 0.1) is 18.6 Å². The van der Waals surface area contributed by atoms with Crippen molar-refractivity contribution < 1.29 is 14.6 Å². The molecule has 3 unspecified atom stereocenters. The van der Waals surface area contributed by atoms with Crippen molar-refractivity contribution in [2.75, 3.05) is 19.7 Å². The smallest absolute Gasteiger partial charge is 0.310 e. The molecule has 2 rings (SSSR count). The zero-order valence-corrected chi connectivity index (χ0v) is 12.0. The Morgan fingerprint density at radius 3 is 2.79 bits per heavy atom. The summed E-state index contributed by atoms with van der Waals surface area (Å²) >= 11 is 0. The quantitative estimate of drug-likeness (QED) is 0.628. The summed E-state index contributed by atoms with van der Waals surface area (Å²) in [5.41, 5.74) is 0. The Balaban J connectivity index is 1.93. The van der Waals surface area contributed by atoms with Gasteiger partial charge in [-0.2, -0.15) is 0 Å². The van der Waals surface area contributed by atoms with Crippen LogP contribution in [0.2, 0.25) is 0 Å². The second-order valence-corrected chi connectivity index (χ2v) is 5.86. The molecular weight excluding hydrogens is 242 g/mol. The Kier molecular flexibility index (Phi) is 5.64. The van der Waals surface area contributed by atoms with Crippen molar-refractivity contribution in [2.45, 2.75) is 64.0 Å². The summed E-state index contributed by atoms with van der Waals surface area (Å²) in [6.45, 7) is 4.09. The lowest BCUT2D eigenvalue weighted by atomic mass is 9.94. The molecule has 0 radical (unpaired) electrons. The average molecular weight is 269 g/mol. The number of ether oxygens (including phenoxy) is 1. The van der Waals surface area contributed by atoms with Crippen LogP contribution in [-0.4, -0.2) is 47.8 Å². The molecule has 1 aliphatic heterocycles. The molecule has 3 atom stereocenters. The maximum Gasteiger partial charge on any atom is 0.310 e. The highest BCUT2D eigenvalue weighted by atomic mass is 16.5. The largest absolute Gasteiger partial charge is 0.466 e. The lowest BCUT2D eigenvalue weighted by Crippen LogP contribution is -2.49. The predicted octanol–water partition coefficient (Wildman–Crippen LogP) is 1.96. The monoisotopic (exact) mass is 269 g/mol. The van der Waals surface area contributed by atoms with Crippen molar-refractivity contribution in [1.82, 2.24) is 4.90 Å². The minimum Gasteiger partial charge on any atom is -0.466 e. The van der Waals surface area contributed by atoms with Gasteiger partial charge in [0.1, 0.15) is 0 Å². The molecule has 0 aromatic heterocycles. The first-order chi connectivity index (χ1) is 9.22. The molecule has 0 bridgehead atoms. The fourth-order valence-corrected chi connectivity index (χ4v) is 3.45. The number of piperidine rings is 1. The maximum atomic E-state index is 11.9. The Labute approximate surface area is 116 Å². The van der Waals surface area contributed by atoms with Gasteiger partial charge in [-0.3, -0.25) is 9.69 Å². The summed E-state index contributed by atoms with van der Waals surface area (Å²) in [5.74, 6) is -0.0561. The van der Waals surface area contributed by atoms with E-state index in [2.05, 4.69) is 4.90 Å². The molecule has 2 fully saturated rings. The number of hydrogen-bond donors (Lipinski definition) is 1. The van der Waals surface area contributed by atoms with Gasteiger partial charge in [0, 0.05) is 12.6 Å². The van der Waals surface area contributed by atoms with Gasteiger partial charge in [-0.25, -0.2) is 0 Å². The lowest BCUT2D eigenvalue weighted by molar-refractivity contribution is -0.150. The highest BCUT2D eigenvalue weighted by molar-refractivity contribution is 5.72. The van der Waals surface area contributed by atoms with Crippen LogP contribution in [0.5, 0.6) is 0 Å². The second-order valence-electron chi connectivity index (χ2n) is 5.86. The molecule has 0 amide bonds. The molecule has 1 aliphatic carbocycles. The highest BCUT2D eigenvalue weighted by Crippen LogP contribution is 2.27. The van der Waals surface area contributed by atoms with E-state index in [1.54, 1.807) is 0 Å². The number of carbonyl (C=O) groups excluding carboxylic acids is 1. The third-order valence-electron chi connectivity index (χ3n) is 4.49. The number of nitrogens with zero attached hydrogens (tertiary/aromatic N) is 1. The standard InChI is InChI=1S/C15H27NO3/c1-2-19-15(18)12-7-6-10-16(11-12)13-8-4-3-5-9-14(13)17/h12-14,17H,2-11H2,1H3. The van der Waals surface area contributed by atoms with Crippen LogP contribution in [-0.2, 0) is 9.53 Å². The SMILES string of the molecule is CCOC(=O)C1CCCN(C2CCCCCC2O)C1. The Morgan fingerprint density at radius 2 is 2.00 bits per heavy atom. The second kappa shape index (κ2) is 7.25. The number of hydrogen-bond acceptors (Lipinski definition) is 4. The van der Waals surface area contributed by atoms with E-state index in [1.165, 1.54) is 12.8 Å². The van der Waals surface area contributed by atoms with Gasteiger partial charge in [0.25, 0.3) is 0 Å². The minimum absolute atomic E-state index is 0.00385. The Hall–Kier alpha value is -0.610. The third-order valence-corrected chi connectivity index (χ3v) is 4.49. The summed E-state index contributed by atoms with van der Waals surface area (Å²) in [5, 5.41) is 10.3. The summed E-state index contributed by atoms with van der Waals surface area (Å²) in [6.07, 6.45) is 7.27. The van der Waals surface area contributed by atoms with Crippen LogP contribution in [0.3, 0.4) is 0 Å². The average Bonchev–Trinajstić information content (AvgIpc) is 2.64. The van der Waals surface area contributed by atoms with Gasteiger partial charge in [0.2, 0.25) is 0 Å². The first kappa shape index (κ1) is 14.8. The van der Waals surface area contributed by atoms with Crippen molar-refractivity contribution in [2.24, 2.45) is 5.92 Å². The molecule has 0 aromatic carbocycles. The van der Waals surface area contributed by atoms with Crippen LogP contribution < -0.4 is 0 Å². The van der Waals surface area contributed by atoms with E-state index in [4.69, 9.17) is 4.74 Å².